The third-order valence-electron chi connectivity index (χ3n) is 2.33. The molecule has 0 spiro atoms. The van der Waals surface area contributed by atoms with Crippen LogP contribution in [0.2, 0.25) is 0 Å². The van der Waals surface area contributed by atoms with E-state index in [1.807, 2.05) is 18.4 Å². The van der Waals surface area contributed by atoms with Gasteiger partial charge in [-0.25, -0.2) is 4.98 Å². The number of nitrogens with zero attached hydrogens (tertiary/aromatic N) is 2. The van der Waals surface area contributed by atoms with Gasteiger partial charge in [-0.05, 0) is 19.1 Å². The quantitative estimate of drug-likeness (QED) is 0.877. The Morgan fingerprint density at radius 1 is 1.56 bits per heavy atom. The van der Waals surface area contributed by atoms with Crippen LogP contribution in [-0.2, 0) is 17.1 Å². The summed E-state index contributed by atoms with van der Waals surface area (Å²) in [6, 6.07) is 3.61. The van der Waals surface area contributed by atoms with Gasteiger partial charge in [-0.3, -0.25) is 9.78 Å². The first-order valence-corrected chi connectivity index (χ1v) is 6.81. The molecule has 0 saturated heterocycles. The van der Waals surface area contributed by atoms with Crippen molar-refractivity contribution >= 4 is 34.5 Å². The Hall–Kier alpha value is -1.46. The number of thiazole rings is 1. The lowest BCUT2D eigenvalue weighted by molar-refractivity contribution is -0.115. The molecule has 0 aliphatic carbocycles. The fourth-order valence-electron chi connectivity index (χ4n) is 1.44. The molecule has 0 aliphatic rings. The summed E-state index contributed by atoms with van der Waals surface area (Å²) >= 11 is 7.11. The van der Waals surface area contributed by atoms with E-state index in [1.54, 1.807) is 12.3 Å². The zero-order valence-electron chi connectivity index (χ0n) is 9.81. The van der Waals surface area contributed by atoms with Crippen molar-refractivity contribution in [3.8, 4) is 0 Å². The SMILES string of the molecule is Cc1ncccc1NC(=O)Cc1nc(CCl)cs1. The number of carbonyl (C=O) groups is 1. The fourth-order valence-corrected chi connectivity index (χ4v) is 2.46. The predicted molar refractivity (Wildman–Crippen MR) is 73.0 cm³/mol. The van der Waals surface area contributed by atoms with Crippen molar-refractivity contribution in [2.75, 3.05) is 5.32 Å². The van der Waals surface area contributed by atoms with Crippen LogP contribution in [0.3, 0.4) is 0 Å². The van der Waals surface area contributed by atoms with Gasteiger partial charge in [-0.1, -0.05) is 0 Å². The highest BCUT2D eigenvalue weighted by molar-refractivity contribution is 7.09. The molecular weight excluding hydrogens is 270 g/mol. The number of aryl methyl sites for hydroxylation is 1. The van der Waals surface area contributed by atoms with E-state index in [0.29, 0.717) is 5.88 Å². The van der Waals surface area contributed by atoms with E-state index in [4.69, 9.17) is 11.6 Å². The molecule has 0 aromatic carbocycles. The molecule has 18 heavy (non-hydrogen) atoms. The minimum Gasteiger partial charge on any atom is -0.324 e. The summed E-state index contributed by atoms with van der Waals surface area (Å²) in [6.45, 7) is 1.85. The summed E-state index contributed by atoms with van der Waals surface area (Å²) in [7, 11) is 0. The van der Waals surface area contributed by atoms with E-state index in [0.717, 1.165) is 22.1 Å². The molecule has 2 rings (SSSR count). The highest BCUT2D eigenvalue weighted by Gasteiger charge is 2.09. The number of anilines is 1. The Morgan fingerprint density at radius 3 is 3.06 bits per heavy atom. The Kier molecular flexibility index (Phi) is 4.28. The molecule has 6 heteroatoms. The molecule has 2 heterocycles. The van der Waals surface area contributed by atoms with Gasteiger partial charge in [0.05, 0.1) is 29.4 Å². The molecular formula is C12H12ClN3OS. The lowest BCUT2D eigenvalue weighted by atomic mass is 10.3. The first kappa shape index (κ1) is 13.0. The number of alkyl halides is 1. The highest BCUT2D eigenvalue weighted by Crippen LogP contribution is 2.14. The fraction of sp³-hybridized carbons (Fsp3) is 0.250. The van der Waals surface area contributed by atoms with E-state index in [1.165, 1.54) is 11.3 Å². The minimum atomic E-state index is -0.0958. The average Bonchev–Trinajstić information content (AvgIpc) is 2.80. The van der Waals surface area contributed by atoms with Crippen LogP contribution in [-0.4, -0.2) is 15.9 Å². The van der Waals surface area contributed by atoms with E-state index in [2.05, 4.69) is 15.3 Å². The molecule has 94 valence electrons. The maximum Gasteiger partial charge on any atom is 0.231 e. The number of hydrogen-bond donors (Lipinski definition) is 1. The zero-order chi connectivity index (χ0) is 13.0. The van der Waals surface area contributed by atoms with Crippen LogP contribution in [0, 0.1) is 6.92 Å². The van der Waals surface area contributed by atoms with Gasteiger partial charge in [-0.2, -0.15) is 0 Å². The maximum absolute atomic E-state index is 11.8. The second-order valence-corrected chi connectivity index (χ2v) is 4.94. The van der Waals surface area contributed by atoms with Crippen LogP contribution in [0.5, 0.6) is 0 Å². The van der Waals surface area contributed by atoms with Crippen LogP contribution in [0.4, 0.5) is 5.69 Å². The number of rotatable bonds is 4. The maximum atomic E-state index is 11.8. The Morgan fingerprint density at radius 2 is 2.39 bits per heavy atom. The second kappa shape index (κ2) is 5.93. The summed E-state index contributed by atoms with van der Waals surface area (Å²) < 4.78 is 0. The van der Waals surface area contributed by atoms with Gasteiger partial charge in [0, 0.05) is 11.6 Å². The molecule has 0 bridgehead atoms. The first-order valence-electron chi connectivity index (χ1n) is 5.39. The summed E-state index contributed by atoms with van der Waals surface area (Å²) in [4.78, 5) is 20.2. The van der Waals surface area contributed by atoms with Crippen LogP contribution < -0.4 is 5.32 Å². The molecule has 1 N–H and O–H groups in total. The number of pyridine rings is 1. The number of hydrogen-bond acceptors (Lipinski definition) is 4. The topological polar surface area (TPSA) is 54.9 Å². The van der Waals surface area contributed by atoms with E-state index < -0.39 is 0 Å². The minimum absolute atomic E-state index is 0.0958. The van der Waals surface area contributed by atoms with Gasteiger partial charge < -0.3 is 5.32 Å². The summed E-state index contributed by atoms with van der Waals surface area (Å²) in [5.41, 5.74) is 2.34. The molecule has 1 amide bonds. The lowest BCUT2D eigenvalue weighted by Crippen LogP contribution is -2.15. The standard InChI is InChI=1S/C12H12ClN3OS/c1-8-10(3-2-4-14-8)16-11(17)5-12-15-9(6-13)7-18-12/h2-4,7H,5-6H2,1H3,(H,16,17). The van der Waals surface area contributed by atoms with Crippen molar-refractivity contribution in [1.82, 2.24) is 9.97 Å². The Labute approximate surface area is 114 Å². The number of aromatic nitrogens is 2. The molecule has 0 unspecified atom stereocenters. The third kappa shape index (κ3) is 3.27. The summed E-state index contributed by atoms with van der Waals surface area (Å²) in [5, 5.41) is 5.45. The molecule has 2 aromatic heterocycles. The number of carbonyl (C=O) groups excluding carboxylic acids is 1. The normalized spacial score (nSPS) is 10.3. The molecule has 0 atom stereocenters. The van der Waals surface area contributed by atoms with E-state index >= 15 is 0 Å². The van der Waals surface area contributed by atoms with Crippen molar-refractivity contribution < 1.29 is 4.79 Å². The number of halogens is 1. The summed E-state index contributed by atoms with van der Waals surface area (Å²) in [5.74, 6) is 0.279. The second-order valence-electron chi connectivity index (χ2n) is 3.73. The van der Waals surface area contributed by atoms with Crippen LogP contribution in [0.15, 0.2) is 23.7 Å². The van der Waals surface area contributed by atoms with Crippen LogP contribution in [0.25, 0.3) is 0 Å². The van der Waals surface area contributed by atoms with Crippen LogP contribution in [0.1, 0.15) is 16.4 Å². The lowest BCUT2D eigenvalue weighted by Gasteiger charge is -2.05. The van der Waals surface area contributed by atoms with E-state index in [-0.39, 0.29) is 12.3 Å². The van der Waals surface area contributed by atoms with Gasteiger partial charge in [0.2, 0.25) is 5.91 Å². The van der Waals surface area contributed by atoms with Crippen molar-refractivity contribution in [2.45, 2.75) is 19.2 Å². The highest BCUT2D eigenvalue weighted by atomic mass is 35.5. The number of nitrogens with one attached hydrogen (secondary N) is 1. The first-order chi connectivity index (χ1) is 8.69. The van der Waals surface area contributed by atoms with E-state index in [9.17, 15) is 4.79 Å². The van der Waals surface area contributed by atoms with Gasteiger partial charge in [-0.15, -0.1) is 22.9 Å². The van der Waals surface area contributed by atoms with Crippen molar-refractivity contribution in [1.29, 1.82) is 0 Å². The predicted octanol–water partition coefficient (Wildman–Crippen LogP) is 2.77. The molecule has 2 aromatic rings. The van der Waals surface area contributed by atoms with Crippen molar-refractivity contribution in [3.63, 3.8) is 0 Å². The molecule has 4 nitrogen and oxygen atoms in total. The molecule has 0 fully saturated rings. The molecule has 0 aliphatic heterocycles. The zero-order valence-corrected chi connectivity index (χ0v) is 11.4. The van der Waals surface area contributed by atoms with Crippen molar-refractivity contribution in [3.05, 3.63) is 40.1 Å². The monoisotopic (exact) mass is 281 g/mol. The van der Waals surface area contributed by atoms with Gasteiger partial charge >= 0.3 is 0 Å². The Balaban J connectivity index is 1.99. The van der Waals surface area contributed by atoms with Crippen LogP contribution >= 0.6 is 22.9 Å². The number of amides is 1. The summed E-state index contributed by atoms with van der Waals surface area (Å²) in [6.07, 6.45) is 1.95. The smallest absolute Gasteiger partial charge is 0.231 e. The largest absolute Gasteiger partial charge is 0.324 e. The van der Waals surface area contributed by atoms with Gasteiger partial charge in [0.25, 0.3) is 0 Å². The molecule has 0 saturated carbocycles. The molecule has 0 radical (unpaired) electrons. The average molecular weight is 282 g/mol. The third-order valence-corrected chi connectivity index (χ3v) is 3.50. The van der Waals surface area contributed by atoms with Gasteiger partial charge in [0.1, 0.15) is 5.01 Å². The van der Waals surface area contributed by atoms with Crippen molar-refractivity contribution in [2.24, 2.45) is 0 Å². The Bertz CT molecular complexity index is 556. The van der Waals surface area contributed by atoms with Gasteiger partial charge in [0.15, 0.2) is 0 Å².